The first kappa shape index (κ1) is 16.0. The van der Waals surface area contributed by atoms with Gasteiger partial charge in [0.2, 0.25) is 5.95 Å². The summed E-state index contributed by atoms with van der Waals surface area (Å²) in [5.41, 5.74) is 1.76. The van der Waals surface area contributed by atoms with E-state index in [0.29, 0.717) is 18.1 Å². The van der Waals surface area contributed by atoms with Crippen molar-refractivity contribution in [2.24, 2.45) is 5.41 Å². The first-order valence-corrected chi connectivity index (χ1v) is 8.56. The number of nitrogens with one attached hydrogen (secondary N) is 1. The number of carbonyl (C=O) groups excluding carboxylic acids is 1. The van der Waals surface area contributed by atoms with Crippen LogP contribution >= 0.6 is 0 Å². The molecule has 7 heteroatoms. The first-order valence-electron chi connectivity index (χ1n) is 8.56. The minimum Gasteiger partial charge on any atom is -0.380 e. The molecule has 0 radical (unpaired) electrons. The molecular weight excluding hydrogens is 318 g/mol. The van der Waals surface area contributed by atoms with Crippen LogP contribution in [0.5, 0.6) is 0 Å². The molecule has 0 unspecified atom stereocenters. The van der Waals surface area contributed by atoms with Gasteiger partial charge in [-0.1, -0.05) is 6.07 Å². The maximum atomic E-state index is 12.7. The molecule has 2 aliphatic heterocycles. The molecule has 1 spiro atoms. The van der Waals surface area contributed by atoms with Crippen molar-refractivity contribution in [3.8, 4) is 0 Å². The minimum absolute atomic E-state index is 0.00443. The Morgan fingerprint density at radius 2 is 2.12 bits per heavy atom. The van der Waals surface area contributed by atoms with E-state index in [0.717, 1.165) is 44.7 Å². The van der Waals surface area contributed by atoms with E-state index >= 15 is 0 Å². The molecule has 1 N–H and O–H groups in total. The number of carbonyl (C=O) groups is 1. The van der Waals surface area contributed by atoms with Gasteiger partial charge in [-0.15, -0.1) is 0 Å². The van der Waals surface area contributed by atoms with Crippen LogP contribution in [0.1, 0.15) is 28.8 Å². The maximum Gasteiger partial charge on any atom is 0.257 e. The van der Waals surface area contributed by atoms with Crippen molar-refractivity contribution in [2.75, 3.05) is 31.6 Å². The zero-order valence-corrected chi connectivity index (χ0v) is 14.0. The van der Waals surface area contributed by atoms with Crippen molar-refractivity contribution >= 4 is 11.9 Å². The first-order chi connectivity index (χ1) is 12.2. The molecule has 4 rings (SSSR count). The number of pyridine rings is 1. The Kier molecular flexibility index (Phi) is 4.31. The lowest BCUT2D eigenvalue weighted by molar-refractivity contribution is -0.138. The normalized spacial score (nSPS) is 18.6. The molecule has 1 amide bonds. The van der Waals surface area contributed by atoms with Gasteiger partial charge in [-0.3, -0.25) is 9.78 Å². The summed E-state index contributed by atoms with van der Waals surface area (Å²) in [5, 5.41) is 3.13. The largest absolute Gasteiger partial charge is 0.380 e. The van der Waals surface area contributed by atoms with E-state index in [1.54, 1.807) is 24.8 Å². The highest BCUT2D eigenvalue weighted by molar-refractivity contribution is 5.93. The lowest BCUT2D eigenvalue weighted by Gasteiger charge is -2.48. The quantitative estimate of drug-likeness (QED) is 0.914. The molecule has 0 aromatic carbocycles. The molecule has 2 aromatic heterocycles. The molecule has 0 bridgehead atoms. The van der Waals surface area contributed by atoms with Gasteiger partial charge < -0.3 is 15.0 Å². The number of likely N-dealkylation sites (tertiary alicyclic amines) is 1. The van der Waals surface area contributed by atoms with Crippen molar-refractivity contribution in [1.29, 1.82) is 0 Å². The van der Waals surface area contributed by atoms with Crippen LogP contribution in [0.3, 0.4) is 0 Å². The van der Waals surface area contributed by atoms with Crippen molar-refractivity contribution in [2.45, 2.75) is 19.4 Å². The van der Waals surface area contributed by atoms with Gasteiger partial charge in [0.25, 0.3) is 5.91 Å². The van der Waals surface area contributed by atoms with Crippen molar-refractivity contribution in [1.82, 2.24) is 19.9 Å². The molecule has 0 atom stereocenters. The number of nitrogens with zero attached hydrogens (tertiary/aromatic N) is 4. The topological polar surface area (TPSA) is 80.2 Å². The Labute approximate surface area is 146 Å². The monoisotopic (exact) mass is 339 g/mol. The Hall–Kier alpha value is -2.54. The average Bonchev–Trinajstić information content (AvgIpc) is 2.66. The van der Waals surface area contributed by atoms with E-state index in [-0.39, 0.29) is 11.3 Å². The van der Waals surface area contributed by atoms with Crippen LogP contribution in [0.25, 0.3) is 0 Å². The van der Waals surface area contributed by atoms with Gasteiger partial charge in [0.15, 0.2) is 0 Å². The van der Waals surface area contributed by atoms with Crippen molar-refractivity contribution < 1.29 is 9.53 Å². The number of hydrogen-bond donors (Lipinski definition) is 1. The van der Waals surface area contributed by atoms with Gasteiger partial charge in [-0.05, 0) is 24.5 Å². The van der Waals surface area contributed by atoms with Crippen LogP contribution in [0.2, 0.25) is 0 Å². The molecule has 25 heavy (non-hydrogen) atoms. The van der Waals surface area contributed by atoms with Crippen molar-refractivity contribution in [3.63, 3.8) is 0 Å². The number of piperidine rings is 1. The molecule has 2 fully saturated rings. The lowest BCUT2D eigenvalue weighted by atomic mass is 9.78. The van der Waals surface area contributed by atoms with Gasteiger partial charge in [0, 0.05) is 49.8 Å². The van der Waals surface area contributed by atoms with Gasteiger partial charge in [-0.2, -0.15) is 0 Å². The van der Waals surface area contributed by atoms with Crippen LogP contribution < -0.4 is 5.32 Å². The van der Waals surface area contributed by atoms with Crippen LogP contribution in [0.4, 0.5) is 5.95 Å². The van der Waals surface area contributed by atoms with E-state index in [1.807, 2.05) is 17.0 Å². The van der Waals surface area contributed by atoms with Crippen LogP contribution in [0, 0.1) is 5.41 Å². The highest BCUT2D eigenvalue weighted by Crippen LogP contribution is 2.37. The summed E-state index contributed by atoms with van der Waals surface area (Å²) in [6.45, 7) is 3.69. The van der Waals surface area contributed by atoms with Crippen LogP contribution in [-0.4, -0.2) is 52.1 Å². The molecule has 7 nitrogen and oxygen atoms in total. The van der Waals surface area contributed by atoms with E-state index in [1.165, 1.54) is 0 Å². The predicted molar refractivity (Wildman–Crippen MR) is 92.0 cm³/mol. The Bertz CT molecular complexity index is 731. The van der Waals surface area contributed by atoms with Crippen LogP contribution in [0.15, 0.2) is 36.9 Å². The number of ether oxygens (including phenoxy) is 1. The summed E-state index contributed by atoms with van der Waals surface area (Å²) >= 11 is 0. The van der Waals surface area contributed by atoms with Crippen molar-refractivity contribution in [3.05, 3.63) is 48.0 Å². The summed E-state index contributed by atoms with van der Waals surface area (Å²) in [4.78, 5) is 27.2. The molecule has 0 aliphatic carbocycles. The van der Waals surface area contributed by atoms with E-state index in [4.69, 9.17) is 4.74 Å². The Morgan fingerprint density at radius 3 is 2.80 bits per heavy atom. The highest BCUT2D eigenvalue weighted by atomic mass is 16.5. The molecule has 2 saturated heterocycles. The molecule has 4 heterocycles. The number of anilines is 1. The summed E-state index contributed by atoms with van der Waals surface area (Å²) in [6.07, 6.45) is 8.90. The summed E-state index contributed by atoms with van der Waals surface area (Å²) < 4.78 is 5.35. The minimum atomic E-state index is 0.00443. The molecule has 2 aromatic rings. The summed E-state index contributed by atoms with van der Waals surface area (Å²) in [7, 11) is 0. The fourth-order valence-corrected chi connectivity index (χ4v) is 3.40. The third-order valence-corrected chi connectivity index (χ3v) is 4.84. The van der Waals surface area contributed by atoms with E-state index < -0.39 is 0 Å². The van der Waals surface area contributed by atoms with Crippen LogP contribution in [-0.2, 0) is 11.3 Å². The highest BCUT2D eigenvalue weighted by Gasteiger charge is 2.43. The lowest BCUT2D eigenvalue weighted by Crippen LogP contribution is -2.55. The standard InChI is InChI=1S/C18H21N5O2/c24-16(23-6-2-4-18(11-23)12-25-13-18)15-9-21-17(22-10-15)20-8-14-3-1-5-19-7-14/h1,3,5,7,9-10H,2,4,6,8,11-13H2,(H,20,21,22). The smallest absolute Gasteiger partial charge is 0.257 e. The Balaban J connectivity index is 1.37. The second-order valence-electron chi connectivity index (χ2n) is 6.83. The zero-order chi connectivity index (χ0) is 17.1. The third-order valence-electron chi connectivity index (χ3n) is 4.84. The third kappa shape index (κ3) is 3.46. The zero-order valence-electron chi connectivity index (χ0n) is 14.0. The van der Waals surface area contributed by atoms with Gasteiger partial charge in [-0.25, -0.2) is 9.97 Å². The second-order valence-corrected chi connectivity index (χ2v) is 6.83. The summed E-state index contributed by atoms with van der Waals surface area (Å²) in [6, 6.07) is 3.87. The van der Waals surface area contributed by atoms with E-state index in [9.17, 15) is 4.79 Å². The molecular formula is C18H21N5O2. The van der Waals surface area contributed by atoms with Gasteiger partial charge >= 0.3 is 0 Å². The molecule has 130 valence electrons. The molecule has 2 aliphatic rings. The summed E-state index contributed by atoms with van der Waals surface area (Å²) in [5.74, 6) is 0.507. The predicted octanol–water partition coefficient (Wildman–Crippen LogP) is 1.74. The van der Waals surface area contributed by atoms with Gasteiger partial charge in [0.1, 0.15) is 0 Å². The number of hydrogen-bond acceptors (Lipinski definition) is 6. The fraction of sp³-hybridized carbons (Fsp3) is 0.444. The number of amides is 1. The molecule has 0 saturated carbocycles. The maximum absolute atomic E-state index is 12.7. The average molecular weight is 339 g/mol. The van der Waals surface area contributed by atoms with E-state index in [2.05, 4.69) is 20.3 Å². The number of aromatic nitrogens is 3. The fourth-order valence-electron chi connectivity index (χ4n) is 3.40. The van der Waals surface area contributed by atoms with Gasteiger partial charge in [0.05, 0.1) is 18.8 Å². The SMILES string of the molecule is O=C(c1cnc(NCc2cccnc2)nc1)N1CCCC2(COC2)C1. The number of rotatable bonds is 4. The Morgan fingerprint density at radius 1 is 1.28 bits per heavy atom. The second kappa shape index (κ2) is 6.76.